The molecule has 0 bridgehead atoms. The Morgan fingerprint density at radius 3 is 2.57 bits per heavy atom. The largest absolute Gasteiger partial charge is 0.497 e. The second kappa shape index (κ2) is 8.24. The third kappa shape index (κ3) is 3.82. The van der Waals surface area contributed by atoms with Gasteiger partial charge in [0, 0.05) is 12.8 Å². The van der Waals surface area contributed by atoms with Gasteiger partial charge in [-0.2, -0.15) is 0 Å². The minimum Gasteiger partial charge on any atom is -0.497 e. The van der Waals surface area contributed by atoms with Crippen LogP contribution in [0.2, 0.25) is 0 Å². The highest BCUT2D eigenvalue weighted by atomic mass is 16.5. The maximum Gasteiger partial charge on any atom is 0.118 e. The van der Waals surface area contributed by atoms with E-state index < -0.39 is 6.10 Å². The average molecular weight is 383 g/mol. The molecule has 0 aromatic heterocycles. The van der Waals surface area contributed by atoms with Crippen molar-refractivity contribution in [3.8, 4) is 5.75 Å². The summed E-state index contributed by atoms with van der Waals surface area (Å²) < 4.78 is 11.4. The summed E-state index contributed by atoms with van der Waals surface area (Å²) in [4.78, 5) is 0. The lowest BCUT2D eigenvalue weighted by atomic mass is 9.86. The van der Waals surface area contributed by atoms with E-state index in [1.807, 2.05) is 12.1 Å². The first kappa shape index (κ1) is 19.4. The number of benzene rings is 2. The molecule has 1 fully saturated rings. The Morgan fingerprint density at radius 1 is 1.11 bits per heavy atom. The molecule has 1 heterocycles. The van der Waals surface area contributed by atoms with E-state index in [9.17, 15) is 10.2 Å². The molecule has 28 heavy (non-hydrogen) atoms. The molecule has 0 spiro atoms. The van der Waals surface area contributed by atoms with E-state index in [2.05, 4.69) is 25.1 Å². The van der Waals surface area contributed by atoms with Gasteiger partial charge in [0.15, 0.2) is 0 Å². The number of aliphatic hydroxyl groups excluding tert-OH is 2. The Kier molecular flexibility index (Phi) is 5.72. The van der Waals surface area contributed by atoms with Crippen LogP contribution in [0.15, 0.2) is 30.3 Å². The SMILES string of the molecule is COc1ccc(Cc2cc([C@H]3C[C@@H](O)C[C@@H](CO)O3)c(C)c3c2CCC3)cc1. The molecule has 1 aliphatic carbocycles. The van der Waals surface area contributed by atoms with E-state index >= 15 is 0 Å². The summed E-state index contributed by atoms with van der Waals surface area (Å²) in [5, 5.41) is 19.8. The predicted octanol–water partition coefficient (Wildman–Crippen LogP) is 3.66. The second-order valence-corrected chi connectivity index (χ2v) is 8.14. The molecule has 2 N–H and O–H groups in total. The van der Waals surface area contributed by atoms with E-state index in [0.717, 1.165) is 25.0 Å². The monoisotopic (exact) mass is 382 g/mol. The molecule has 2 aromatic carbocycles. The highest BCUT2D eigenvalue weighted by molar-refractivity contribution is 5.50. The molecule has 150 valence electrons. The van der Waals surface area contributed by atoms with E-state index in [4.69, 9.17) is 9.47 Å². The number of hydrogen-bond acceptors (Lipinski definition) is 4. The summed E-state index contributed by atoms with van der Waals surface area (Å²) in [5.74, 6) is 0.873. The van der Waals surface area contributed by atoms with E-state index in [1.54, 1.807) is 7.11 Å². The standard InChI is InChI=1S/C24H30O4/c1-15-21-4-3-5-22(21)17(10-16-6-8-19(27-2)9-7-16)11-23(15)24-13-18(26)12-20(14-25)28-24/h6-9,11,18,20,24-26H,3-5,10,12-14H2,1-2H3/t18-,20-,24+/m0/s1. The Labute approximate surface area is 167 Å². The van der Waals surface area contributed by atoms with Gasteiger partial charge in [0.2, 0.25) is 0 Å². The van der Waals surface area contributed by atoms with Crippen LogP contribution >= 0.6 is 0 Å². The van der Waals surface area contributed by atoms with Gasteiger partial charge in [-0.1, -0.05) is 18.2 Å². The predicted molar refractivity (Wildman–Crippen MR) is 109 cm³/mol. The van der Waals surface area contributed by atoms with Crippen LogP contribution in [0.3, 0.4) is 0 Å². The molecular weight excluding hydrogens is 352 g/mol. The average Bonchev–Trinajstić information content (AvgIpc) is 3.21. The molecule has 1 aliphatic heterocycles. The summed E-state index contributed by atoms with van der Waals surface area (Å²) in [5.41, 5.74) is 8.07. The van der Waals surface area contributed by atoms with Crippen molar-refractivity contribution < 1.29 is 19.7 Å². The molecule has 4 rings (SSSR count). The van der Waals surface area contributed by atoms with Crippen molar-refractivity contribution in [3.63, 3.8) is 0 Å². The molecule has 3 atom stereocenters. The second-order valence-electron chi connectivity index (χ2n) is 8.14. The van der Waals surface area contributed by atoms with Crippen LogP contribution in [0.5, 0.6) is 5.75 Å². The zero-order valence-electron chi connectivity index (χ0n) is 16.8. The molecule has 2 aliphatic rings. The smallest absolute Gasteiger partial charge is 0.118 e. The lowest BCUT2D eigenvalue weighted by Gasteiger charge is -2.34. The van der Waals surface area contributed by atoms with Gasteiger partial charge in [-0.25, -0.2) is 0 Å². The fraction of sp³-hybridized carbons (Fsp3) is 0.500. The fourth-order valence-corrected chi connectivity index (χ4v) is 4.83. The van der Waals surface area contributed by atoms with Crippen LogP contribution in [0.25, 0.3) is 0 Å². The van der Waals surface area contributed by atoms with Crippen molar-refractivity contribution in [1.82, 2.24) is 0 Å². The maximum atomic E-state index is 10.3. The molecule has 4 nitrogen and oxygen atoms in total. The van der Waals surface area contributed by atoms with Gasteiger partial charge in [-0.15, -0.1) is 0 Å². The summed E-state index contributed by atoms with van der Waals surface area (Å²) in [6, 6.07) is 10.6. The minimum atomic E-state index is -0.423. The van der Waals surface area contributed by atoms with Gasteiger partial charge in [-0.05, 0) is 78.1 Å². The first-order chi connectivity index (χ1) is 13.6. The maximum absolute atomic E-state index is 10.3. The van der Waals surface area contributed by atoms with Gasteiger partial charge >= 0.3 is 0 Å². The third-order valence-electron chi connectivity index (χ3n) is 6.30. The topological polar surface area (TPSA) is 58.9 Å². The van der Waals surface area contributed by atoms with Crippen molar-refractivity contribution in [1.29, 1.82) is 0 Å². The van der Waals surface area contributed by atoms with Crippen molar-refractivity contribution in [3.05, 3.63) is 63.7 Å². The highest BCUT2D eigenvalue weighted by Crippen LogP contribution is 2.39. The van der Waals surface area contributed by atoms with Gasteiger partial charge in [0.05, 0.1) is 32.0 Å². The fourth-order valence-electron chi connectivity index (χ4n) is 4.83. The Hall–Kier alpha value is -1.88. The highest BCUT2D eigenvalue weighted by Gasteiger charge is 2.31. The molecule has 0 radical (unpaired) electrons. The first-order valence-electron chi connectivity index (χ1n) is 10.3. The first-order valence-corrected chi connectivity index (χ1v) is 10.3. The van der Waals surface area contributed by atoms with Crippen LogP contribution in [0.4, 0.5) is 0 Å². The van der Waals surface area contributed by atoms with Crippen LogP contribution in [-0.2, 0) is 24.0 Å². The lowest BCUT2D eigenvalue weighted by Crippen LogP contribution is -2.34. The van der Waals surface area contributed by atoms with Crippen molar-refractivity contribution in [2.45, 2.75) is 63.8 Å². The van der Waals surface area contributed by atoms with Gasteiger partial charge in [0.1, 0.15) is 5.75 Å². The molecular formula is C24H30O4. The molecule has 4 heteroatoms. The minimum absolute atomic E-state index is 0.0454. The number of fused-ring (bicyclic) bond motifs is 1. The van der Waals surface area contributed by atoms with E-state index in [0.29, 0.717) is 12.8 Å². The number of rotatable bonds is 5. The molecule has 2 aromatic rings. The summed E-state index contributed by atoms with van der Waals surface area (Å²) >= 11 is 0. The number of hydrogen-bond donors (Lipinski definition) is 2. The van der Waals surface area contributed by atoms with Crippen LogP contribution in [0.1, 0.15) is 58.7 Å². The normalized spacial score (nSPS) is 24.2. The van der Waals surface area contributed by atoms with Crippen molar-refractivity contribution in [2.24, 2.45) is 0 Å². The zero-order valence-corrected chi connectivity index (χ0v) is 16.8. The lowest BCUT2D eigenvalue weighted by molar-refractivity contribution is -0.114. The summed E-state index contributed by atoms with van der Waals surface area (Å²) in [6.45, 7) is 2.14. The van der Waals surface area contributed by atoms with Gasteiger partial charge in [0.25, 0.3) is 0 Å². The Morgan fingerprint density at radius 2 is 1.86 bits per heavy atom. The van der Waals surface area contributed by atoms with Gasteiger partial charge in [-0.3, -0.25) is 0 Å². The molecule has 1 saturated heterocycles. The van der Waals surface area contributed by atoms with Crippen molar-refractivity contribution >= 4 is 0 Å². The Balaban J connectivity index is 1.69. The number of aliphatic hydroxyl groups is 2. The summed E-state index contributed by atoms with van der Waals surface area (Å²) in [6.07, 6.45) is 4.58. The van der Waals surface area contributed by atoms with Crippen molar-refractivity contribution in [2.75, 3.05) is 13.7 Å². The molecule has 0 saturated carbocycles. The molecule has 0 amide bonds. The Bertz CT molecular complexity index is 827. The van der Waals surface area contributed by atoms with E-state index in [1.165, 1.54) is 39.8 Å². The van der Waals surface area contributed by atoms with Crippen LogP contribution in [-0.4, -0.2) is 36.1 Å². The zero-order chi connectivity index (χ0) is 19.7. The third-order valence-corrected chi connectivity index (χ3v) is 6.30. The number of methoxy groups -OCH3 is 1. The van der Waals surface area contributed by atoms with E-state index in [-0.39, 0.29) is 18.8 Å². The number of ether oxygens (including phenoxy) is 2. The molecule has 0 unspecified atom stereocenters. The van der Waals surface area contributed by atoms with Crippen LogP contribution in [0, 0.1) is 6.92 Å². The summed E-state index contributed by atoms with van der Waals surface area (Å²) in [7, 11) is 1.69. The quantitative estimate of drug-likeness (QED) is 0.829. The van der Waals surface area contributed by atoms with Gasteiger partial charge < -0.3 is 19.7 Å². The van der Waals surface area contributed by atoms with Crippen LogP contribution < -0.4 is 4.74 Å².